The molecule has 0 spiro atoms. The van der Waals surface area contributed by atoms with E-state index in [1.54, 1.807) is 6.08 Å². The largest absolute Gasteiger partial charge is 0.456 e. The van der Waals surface area contributed by atoms with Gasteiger partial charge in [-0.3, -0.25) is 0 Å². The van der Waals surface area contributed by atoms with Crippen molar-refractivity contribution in [3.05, 3.63) is 163 Å². The lowest BCUT2D eigenvalue weighted by molar-refractivity contribution is 0.596. The molecule has 8 aromatic rings. The number of nitrogens with zero attached hydrogens (tertiary/aromatic N) is 3. The van der Waals surface area contributed by atoms with Crippen molar-refractivity contribution in [2.45, 2.75) is 32.6 Å². The van der Waals surface area contributed by atoms with Gasteiger partial charge in [0.2, 0.25) is 0 Å². The number of aryl methyl sites for hydroxylation is 2. The van der Waals surface area contributed by atoms with E-state index in [0.29, 0.717) is 18.1 Å². The van der Waals surface area contributed by atoms with Crippen LogP contribution in [-0.4, -0.2) is 15.0 Å². The highest BCUT2D eigenvalue weighted by molar-refractivity contribution is 6.13. The average molecular weight is 664 g/mol. The number of hydrogen-bond donors (Lipinski definition) is 0. The maximum Gasteiger partial charge on any atom is 0.163 e. The summed E-state index contributed by atoms with van der Waals surface area (Å²) < 4.78 is 12.4. The first kappa shape index (κ1) is 31.9. The summed E-state index contributed by atoms with van der Waals surface area (Å²) in [6.45, 7) is 10.1. The fourth-order valence-corrected chi connectivity index (χ4v) is 6.97. The Hall–Kier alpha value is -6.33. The standard InChI is InChI=1S/C46H37N3O2/c1-4-14-30(5-2)34-27-28-41-38(29-34)44-35(18-12-21-42(44)51-41)31-23-25-33(26-24-31)46-48-43(47-45(49-46)32-15-8-7-9-16-32)22-13-19-36-37-17-10-11-20-40(37)50-39(36)6-3/h4,6-12,14-18,20-21,23-29H,1,3,5,13,19,22H2,2H3/b30-14+. The molecule has 51 heavy (non-hydrogen) atoms. The molecule has 0 fully saturated rings. The summed E-state index contributed by atoms with van der Waals surface area (Å²) in [5.41, 5.74) is 10.3. The molecule has 3 aromatic heterocycles. The molecule has 0 saturated heterocycles. The second-order valence-corrected chi connectivity index (χ2v) is 12.6. The lowest BCUT2D eigenvalue weighted by atomic mass is 9.96. The predicted molar refractivity (Wildman–Crippen MR) is 210 cm³/mol. The second-order valence-electron chi connectivity index (χ2n) is 12.6. The van der Waals surface area contributed by atoms with Crippen molar-refractivity contribution < 1.29 is 8.83 Å². The minimum absolute atomic E-state index is 0.656. The summed E-state index contributed by atoms with van der Waals surface area (Å²) in [6, 6.07) is 39.4. The topological polar surface area (TPSA) is 65.0 Å². The molecule has 3 heterocycles. The molecule has 5 heteroatoms. The quantitative estimate of drug-likeness (QED) is 0.129. The van der Waals surface area contributed by atoms with Gasteiger partial charge in [0.15, 0.2) is 11.6 Å². The van der Waals surface area contributed by atoms with Crippen molar-refractivity contribution in [1.82, 2.24) is 15.0 Å². The van der Waals surface area contributed by atoms with Gasteiger partial charge in [0.1, 0.15) is 28.3 Å². The van der Waals surface area contributed by atoms with Gasteiger partial charge >= 0.3 is 0 Å². The molecule has 5 nitrogen and oxygen atoms in total. The van der Waals surface area contributed by atoms with Crippen LogP contribution >= 0.6 is 0 Å². The van der Waals surface area contributed by atoms with E-state index in [0.717, 1.165) is 86.0 Å². The second kappa shape index (κ2) is 13.9. The van der Waals surface area contributed by atoms with Crippen molar-refractivity contribution in [2.24, 2.45) is 0 Å². The fourth-order valence-electron chi connectivity index (χ4n) is 6.97. The van der Waals surface area contributed by atoms with Crippen LogP contribution in [0, 0.1) is 0 Å². The van der Waals surface area contributed by atoms with E-state index in [1.807, 2.05) is 60.7 Å². The maximum atomic E-state index is 6.32. The summed E-state index contributed by atoms with van der Waals surface area (Å²) in [5, 5.41) is 3.34. The van der Waals surface area contributed by atoms with Crippen LogP contribution in [0.25, 0.3) is 78.5 Å². The van der Waals surface area contributed by atoms with Gasteiger partial charge in [-0.15, -0.1) is 0 Å². The van der Waals surface area contributed by atoms with Crippen molar-refractivity contribution in [3.8, 4) is 33.9 Å². The number of benzene rings is 5. The highest BCUT2D eigenvalue weighted by Crippen LogP contribution is 2.38. The number of furan rings is 2. The summed E-state index contributed by atoms with van der Waals surface area (Å²) >= 11 is 0. The van der Waals surface area contributed by atoms with E-state index in [-0.39, 0.29) is 0 Å². The van der Waals surface area contributed by atoms with Gasteiger partial charge < -0.3 is 8.83 Å². The molecular formula is C46H37N3O2. The third-order valence-electron chi connectivity index (χ3n) is 9.48. The molecule has 5 aromatic carbocycles. The first-order valence-electron chi connectivity index (χ1n) is 17.4. The Morgan fingerprint density at radius 2 is 1.35 bits per heavy atom. The summed E-state index contributed by atoms with van der Waals surface area (Å²) in [6.07, 6.45) is 9.03. The zero-order valence-corrected chi connectivity index (χ0v) is 28.6. The van der Waals surface area contributed by atoms with Crippen LogP contribution in [-0.2, 0) is 12.8 Å². The van der Waals surface area contributed by atoms with Gasteiger partial charge in [-0.05, 0) is 71.9 Å². The molecule has 0 saturated carbocycles. The Kier molecular flexibility index (Phi) is 8.69. The van der Waals surface area contributed by atoms with Crippen LogP contribution in [0.1, 0.15) is 42.5 Å². The van der Waals surface area contributed by atoms with Crippen molar-refractivity contribution in [2.75, 3.05) is 0 Å². The normalized spacial score (nSPS) is 11.8. The molecule has 0 amide bonds. The van der Waals surface area contributed by atoms with Gasteiger partial charge in [-0.25, -0.2) is 15.0 Å². The highest BCUT2D eigenvalue weighted by atomic mass is 16.3. The molecule has 0 aliphatic rings. The Bertz CT molecular complexity index is 2570. The minimum Gasteiger partial charge on any atom is -0.456 e. The van der Waals surface area contributed by atoms with Gasteiger partial charge in [-0.1, -0.05) is 123 Å². The lowest BCUT2D eigenvalue weighted by Gasteiger charge is -2.10. The Balaban J connectivity index is 1.13. The SMILES string of the molecule is C=C/C=C(\CC)c1ccc2oc3cccc(-c4ccc(-c5nc(CCCc6c(C=C)oc7ccccc67)nc(-c6ccccc6)n5)cc4)c3c2c1. The van der Waals surface area contributed by atoms with Crippen LogP contribution in [0.15, 0.2) is 149 Å². The Morgan fingerprint density at radius 3 is 2.12 bits per heavy atom. The molecule has 0 aliphatic carbocycles. The first-order valence-corrected chi connectivity index (χ1v) is 17.4. The van der Waals surface area contributed by atoms with E-state index in [2.05, 4.69) is 86.8 Å². The molecular weight excluding hydrogens is 627 g/mol. The molecule has 0 N–H and O–H groups in total. The van der Waals surface area contributed by atoms with Gasteiger partial charge in [-0.2, -0.15) is 0 Å². The number of rotatable bonds is 11. The van der Waals surface area contributed by atoms with Crippen molar-refractivity contribution in [3.63, 3.8) is 0 Å². The third-order valence-corrected chi connectivity index (χ3v) is 9.48. The minimum atomic E-state index is 0.656. The molecule has 0 radical (unpaired) electrons. The summed E-state index contributed by atoms with van der Waals surface area (Å²) in [5.74, 6) is 2.91. The zero-order chi connectivity index (χ0) is 34.7. The van der Waals surface area contributed by atoms with Gasteiger partial charge in [0, 0.05) is 39.3 Å². The molecule has 0 aliphatic heterocycles. The van der Waals surface area contributed by atoms with Gasteiger partial charge in [0.25, 0.3) is 0 Å². The number of hydrogen-bond acceptors (Lipinski definition) is 5. The monoisotopic (exact) mass is 663 g/mol. The average Bonchev–Trinajstić information content (AvgIpc) is 3.75. The van der Waals surface area contributed by atoms with E-state index in [4.69, 9.17) is 23.8 Å². The van der Waals surface area contributed by atoms with E-state index < -0.39 is 0 Å². The number of allylic oxidation sites excluding steroid dienone is 3. The number of para-hydroxylation sites is 1. The summed E-state index contributed by atoms with van der Waals surface area (Å²) in [7, 11) is 0. The lowest BCUT2D eigenvalue weighted by Crippen LogP contribution is -2.04. The fraction of sp³-hybridized carbons (Fsp3) is 0.109. The molecule has 0 atom stereocenters. The van der Waals surface area contributed by atoms with E-state index >= 15 is 0 Å². The van der Waals surface area contributed by atoms with E-state index in [9.17, 15) is 0 Å². The Labute approximate surface area is 297 Å². The third kappa shape index (κ3) is 6.19. The molecule has 8 rings (SSSR count). The van der Waals surface area contributed by atoms with Crippen LogP contribution in [0.2, 0.25) is 0 Å². The smallest absolute Gasteiger partial charge is 0.163 e. The van der Waals surface area contributed by atoms with Crippen LogP contribution in [0.4, 0.5) is 0 Å². The first-order chi connectivity index (χ1) is 25.1. The van der Waals surface area contributed by atoms with Gasteiger partial charge in [0.05, 0.1) is 0 Å². The van der Waals surface area contributed by atoms with E-state index in [1.165, 1.54) is 16.7 Å². The van der Waals surface area contributed by atoms with Crippen LogP contribution < -0.4 is 0 Å². The molecule has 0 bridgehead atoms. The van der Waals surface area contributed by atoms with Crippen LogP contribution in [0.3, 0.4) is 0 Å². The number of aromatic nitrogens is 3. The zero-order valence-electron chi connectivity index (χ0n) is 28.6. The van der Waals surface area contributed by atoms with Crippen molar-refractivity contribution in [1.29, 1.82) is 0 Å². The van der Waals surface area contributed by atoms with Crippen molar-refractivity contribution >= 4 is 44.6 Å². The highest BCUT2D eigenvalue weighted by Gasteiger charge is 2.16. The molecule has 248 valence electrons. The number of fused-ring (bicyclic) bond motifs is 4. The predicted octanol–water partition coefficient (Wildman–Crippen LogP) is 12.3. The molecule has 0 unspecified atom stereocenters. The summed E-state index contributed by atoms with van der Waals surface area (Å²) in [4.78, 5) is 14.9. The van der Waals surface area contributed by atoms with Crippen LogP contribution in [0.5, 0.6) is 0 Å². The Morgan fingerprint density at radius 1 is 0.647 bits per heavy atom. The maximum absolute atomic E-state index is 6.32.